The lowest BCUT2D eigenvalue weighted by atomic mass is 9.92. The summed E-state index contributed by atoms with van der Waals surface area (Å²) in [5.74, 6) is -1.88. The van der Waals surface area contributed by atoms with Gasteiger partial charge in [0.2, 0.25) is 0 Å². The molecule has 1 fully saturated rings. The number of amides is 2. The SMILES string of the molecule is CC1CC(C)CN(C(=O)N[C@@H](CC(=O)O)C(=O)O)C1. The van der Waals surface area contributed by atoms with E-state index in [0.29, 0.717) is 24.9 Å². The Morgan fingerprint density at radius 1 is 1.21 bits per heavy atom. The fourth-order valence-electron chi connectivity index (χ4n) is 2.44. The predicted molar refractivity (Wildman–Crippen MR) is 66.7 cm³/mol. The van der Waals surface area contributed by atoms with Gasteiger partial charge < -0.3 is 20.4 Å². The first-order chi connectivity index (χ1) is 8.79. The standard InChI is InChI=1S/C12H20N2O5/c1-7-3-8(2)6-14(5-7)12(19)13-9(11(17)18)4-10(15)16/h7-9H,3-6H2,1-2H3,(H,13,19)(H,15,16)(H,17,18)/t7?,8?,9-/m0/s1. The van der Waals surface area contributed by atoms with Crippen LogP contribution in [0.4, 0.5) is 4.79 Å². The summed E-state index contributed by atoms with van der Waals surface area (Å²) in [6, 6.07) is -1.90. The van der Waals surface area contributed by atoms with Crippen molar-refractivity contribution >= 4 is 18.0 Å². The van der Waals surface area contributed by atoms with Crippen LogP contribution in [0.3, 0.4) is 0 Å². The number of carboxylic acids is 2. The van der Waals surface area contributed by atoms with Gasteiger partial charge in [0.1, 0.15) is 6.04 Å². The minimum absolute atomic E-state index is 0.359. The first kappa shape index (κ1) is 15.3. The van der Waals surface area contributed by atoms with E-state index in [1.807, 2.05) is 13.8 Å². The molecule has 1 aliphatic heterocycles. The lowest BCUT2D eigenvalue weighted by molar-refractivity contribution is -0.145. The third kappa shape index (κ3) is 4.76. The number of carboxylic acid groups (broad SMARTS) is 2. The van der Waals surface area contributed by atoms with Crippen LogP contribution in [0.1, 0.15) is 26.7 Å². The van der Waals surface area contributed by atoms with E-state index in [2.05, 4.69) is 5.32 Å². The van der Waals surface area contributed by atoms with Crippen LogP contribution < -0.4 is 5.32 Å². The van der Waals surface area contributed by atoms with Crippen LogP contribution in [-0.4, -0.2) is 52.2 Å². The summed E-state index contributed by atoms with van der Waals surface area (Å²) in [5, 5.41) is 19.8. The monoisotopic (exact) mass is 272 g/mol. The number of carbonyl (C=O) groups is 3. The second kappa shape index (κ2) is 6.40. The van der Waals surface area contributed by atoms with E-state index in [1.54, 1.807) is 4.90 Å². The highest BCUT2D eigenvalue weighted by Gasteiger charge is 2.29. The summed E-state index contributed by atoms with van der Waals surface area (Å²) in [7, 11) is 0. The zero-order valence-corrected chi connectivity index (χ0v) is 11.1. The van der Waals surface area contributed by atoms with Crippen molar-refractivity contribution < 1.29 is 24.6 Å². The van der Waals surface area contributed by atoms with E-state index in [0.717, 1.165) is 6.42 Å². The summed E-state index contributed by atoms with van der Waals surface area (Å²) < 4.78 is 0. The highest BCUT2D eigenvalue weighted by atomic mass is 16.4. The van der Waals surface area contributed by atoms with Gasteiger partial charge in [-0.1, -0.05) is 13.8 Å². The van der Waals surface area contributed by atoms with Crippen molar-refractivity contribution in [1.82, 2.24) is 10.2 Å². The van der Waals surface area contributed by atoms with Crippen molar-refractivity contribution in [2.45, 2.75) is 32.7 Å². The predicted octanol–water partition coefficient (Wildman–Crippen LogP) is 0.602. The lowest BCUT2D eigenvalue weighted by Gasteiger charge is -2.35. The van der Waals surface area contributed by atoms with Crippen LogP contribution in [0.5, 0.6) is 0 Å². The molecule has 0 saturated carbocycles. The largest absolute Gasteiger partial charge is 0.481 e. The molecule has 1 heterocycles. The number of hydrogen-bond acceptors (Lipinski definition) is 3. The van der Waals surface area contributed by atoms with Crippen LogP contribution >= 0.6 is 0 Å². The van der Waals surface area contributed by atoms with E-state index < -0.39 is 30.4 Å². The smallest absolute Gasteiger partial charge is 0.326 e. The Morgan fingerprint density at radius 3 is 2.16 bits per heavy atom. The zero-order chi connectivity index (χ0) is 14.6. The van der Waals surface area contributed by atoms with Gasteiger partial charge in [-0.25, -0.2) is 9.59 Å². The van der Waals surface area contributed by atoms with Gasteiger partial charge in [-0.05, 0) is 18.3 Å². The second-order valence-corrected chi connectivity index (χ2v) is 5.29. The first-order valence-electron chi connectivity index (χ1n) is 6.29. The van der Waals surface area contributed by atoms with Crippen molar-refractivity contribution in [3.8, 4) is 0 Å². The number of nitrogens with zero attached hydrogens (tertiary/aromatic N) is 1. The lowest BCUT2D eigenvalue weighted by Crippen LogP contribution is -2.52. The Balaban J connectivity index is 2.61. The van der Waals surface area contributed by atoms with Crippen molar-refractivity contribution in [1.29, 1.82) is 0 Å². The summed E-state index contributed by atoms with van der Waals surface area (Å²) >= 11 is 0. The topological polar surface area (TPSA) is 107 Å². The van der Waals surface area contributed by atoms with Gasteiger partial charge in [-0.3, -0.25) is 4.79 Å². The Morgan fingerprint density at radius 2 is 1.74 bits per heavy atom. The van der Waals surface area contributed by atoms with Crippen LogP contribution in [0, 0.1) is 11.8 Å². The molecule has 2 amide bonds. The maximum Gasteiger partial charge on any atom is 0.326 e. The molecular formula is C12H20N2O5. The Kier molecular flexibility index (Phi) is 5.14. The molecule has 0 aromatic rings. The molecule has 19 heavy (non-hydrogen) atoms. The van der Waals surface area contributed by atoms with Crippen LogP contribution in [0.2, 0.25) is 0 Å². The van der Waals surface area contributed by atoms with Crippen LogP contribution in [-0.2, 0) is 9.59 Å². The number of nitrogens with one attached hydrogen (secondary N) is 1. The molecule has 7 nitrogen and oxygen atoms in total. The van der Waals surface area contributed by atoms with Gasteiger partial charge in [0.25, 0.3) is 0 Å². The van der Waals surface area contributed by atoms with Crippen molar-refractivity contribution in [3.05, 3.63) is 0 Å². The molecule has 3 atom stereocenters. The molecule has 3 N–H and O–H groups in total. The number of carbonyl (C=O) groups excluding carboxylic acids is 1. The number of piperidine rings is 1. The molecule has 0 aromatic heterocycles. The molecule has 0 aromatic carbocycles. The Labute approximate surface area is 111 Å². The number of hydrogen-bond donors (Lipinski definition) is 3. The highest BCUT2D eigenvalue weighted by molar-refractivity contribution is 5.86. The first-order valence-corrected chi connectivity index (χ1v) is 6.29. The summed E-state index contributed by atoms with van der Waals surface area (Å²) in [5.41, 5.74) is 0. The van der Waals surface area contributed by atoms with E-state index in [-0.39, 0.29) is 0 Å². The maximum atomic E-state index is 11.9. The molecule has 0 spiro atoms. The number of likely N-dealkylation sites (tertiary alicyclic amines) is 1. The highest BCUT2D eigenvalue weighted by Crippen LogP contribution is 2.20. The molecule has 108 valence electrons. The molecule has 1 aliphatic rings. The molecule has 0 aliphatic carbocycles. The minimum Gasteiger partial charge on any atom is -0.481 e. The average Bonchev–Trinajstić information content (AvgIpc) is 2.25. The molecule has 2 unspecified atom stereocenters. The van der Waals surface area contributed by atoms with Gasteiger partial charge in [0.05, 0.1) is 6.42 Å². The average molecular weight is 272 g/mol. The summed E-state index contributed by atoms with van der Waals surface area (Å²) in [6.45, 7) is 5.19. The molecule has 1 rings (SSSR count). The minimum atomic E-state index is -1.39. The van der Waals surface area contributed by atoms with Crippen molar-refractivity contribution in [2.75, 3.05) is 13.1 Å². The van der Waals surface area contributed by atoms with Crippen LogP contribution in [0.25, 0.3) is 0 Å². The molecule has 1 saturated heterocycles. The van der Waals surface area contributed by atoms with Crippen LogP contribution in [0.15, 0.2) is 0 Å². The van der Waals surface area contributed by atoms with Gasteiger partial charge in [-0.15, -0.1) is 0 Å². The fourth-order valence-corrected chi connectivity index (χ4v) is 2.44. The molecule has 7 heteroatoms. The number of aliphatic carboxylic acids is 2. The second-order valence-electron chi connectivity index (χ2n) is 5.29. The van der Waals surface area contributed by atoms with E-state index in [1.165, 1.54) is 0 Å². The Bertz CT molecular complexity index is 361. The molecule has 0 bridgehead atoms. The zero-order valence-electron chi connectivity index (χ0n) is 11.1. The van der Waals surface area contributed by atoms with Gasteiger partial charge >= 0.3 is 18.0 Å². The maximum absolute atomic E-state index is 11.9. The number of rotatable bonds is 4. The number of urea groups is 1. The normalized spacial score (nSPS) is 24.6. The third-order valence-electron chi connectivity index (χ3n) is 3.13. The van der Waals surface area contributed by atoms with Gasteiger partial charge in [0.15, 0.2) is 0 Å². The Hall–Kier alpha value is -1.79. The van der Waals surface area contributed by atoms with E-state index in [9.17, 15) is 14.4 Å². The third-order valence-corrected chi connectivity index (χ3v) is 3.13. The van der Waals surface area contributed by atoms with Crippen molar-refractivity contribution in [3.63, 3.8) is 0 Å². The van der Waals surface area contributed by atoms with E-state index in [4.69, 9.17) is 10.2 Å². The molecule has 0 radical (unpaired) electrons. The summed E-state index contributed by atoms with van der Waals surface area (Å²) in [6.07, 6.45) is 0.404. The van der Waals surface area contributed by atoms with Crippen molar-refractivity contribution in [2.24, 2.45) is 11.8 Å². The fraction of sp³-hybridized carbons (Fsp3) is 0.750. The van der Waals surface area contributed by atoms with E-state index >= 15 is 0 Å². The molecular weight excluding hydrogens is 252 g/mol. The summed E-state index contributed by atoms with van der Waals surface area (Å²) in [4.78, 5) is 34.9. The van der Waals surface area contributed by atoms with Gasteiger partial charge in [0, 0.05) is 13.1 Å². The quantitative estimate of drug-likeness (QED) is 0.694. The van der Waals surface area contributed by atoms with Gasteiger partial charge in [-0.2, -0.15) is 0 Å².